The molecule has 0 aromatic carbocycles. The van der Waals surface area contributed by atoms with Crippen LogP contribution in [0.1, 0.15) is 84.0 Å². The van der Waals surface area contributed by atoms with Gasteiger partial charge in [-0.2, -0.15) is 0 Å². The van der Waals surface area contributed by atoms with Crippen LogP contribution in [0.25, 0.3) is 0 Å². The number of rotatable bonds is 20. The Bertz CT molecular complexity index is 701. The third kappa shape index (κ3) is 12.3. The molecule has 2 rings (SSSR count). The third-order valence-corrected chi connectivity index (χ3v) is 7.66. The number of nitrogens with one attached hydrogen (secondary N) is 1. The Hall–Kier alpha value is -0.970. The van der Waals surface area contributed by atoms with E-state index in [2.05, 4.69) is 12.2 Å². The fraction of sp³-hybridized carbons (Fsp3) is 0.964. The maximum atomic E-state index is 12.1. The molecule has 0 spiro atoms. The number of unbranched alkanes of at least 4 members (excludes halogenated alkanes) is 10. The molecule has 1 amide bonds. The van der Waals surface area contributed by atoms with Crippen molar-refractivity contribution in [1.29, 1.82) is 0 Å². The van der Waals surface area contributed by atoms with E-state index in [1.54, 1.807) is 0 Å². The average Bonchev–Trinajstić information content (AvgIpc) is 2.97. The zero-order valence-electron chi connectivity index (χ0n) is 24.3. The van der Waals surface area contributed by atoms with E-state index in [-0.39, 0.29) is 19.1 Å². The minimum absolute atomic E-state index is 0.0190. The van der Waals surface area contributed by atoms with Crippen LogP contribution in [0.5, 0.6) is 0 Å². The van der Waals surface area contributed by atoms with Gasteiger partial charge in [-0.05, 0) is 6.42 Å². The number of aliphatic hydroxyl groups excluding tert-OH is 7. The second-order valence-electron chi connectivity index (χ2n) is 11.1. The van der Waals surface area contributed by atoms with E-state index in [1.807, 2.05) is 0 Å². The first-order valence-corrected chi connectivity index (χ1v) is 15.2. The summed E-state index contributed by atoms with van der Waals surface area (Å²) in [4.78, 5) is 12.1. The SMILES string of the molecule is CCCCCCCCCCCCCC(=O)NCCO[C@@H]1O[C@H](CO[C@H]2O[C@H](CO)[C@H](O)[C@H](O)[C@H]2O)[C@@H](O)[C@H](O)[C@H]1O. The predicted molar refractivity (Wildman–Crippen MR) is 146 cm³/mol. The maximum absolute atomic E-state index is 12.1. The van der Waals surface area contributed by atoms with Crippen LogP contribution in [0.3, 0.4) is 0 Å². The number of carbonyl (C=O) groups excluding carboxylic acids is 1. The molecule has 2 fully saturated rings. The van der Waals surface area contributed by atoms with E-state index in [1.165, 1.54) is 51.4 Å². The smallest absolute Gasteiger partial charge is 0.220 e. The molecule has 41 heavy (non-hydrogen) atoms. The highest BCUT2D eigenvalue weighted by Gasteiger charge is 2.47. The van der Waals surface area contributed by atoms with E-state index in [9.17, 15) is 40.5 Å². The van der Waals surface area contributed by atoms with Gasteiger partial charge in [-0.3, -0.25) is 4.79 Å². The van der Waals surface area contributed by atoms with E-state index in [0.29, 0.717) is 6.42 Å². The predicted octanol–water partition coefficient (Wildman–Crippen LogP) is -0.556. The van der Waals surface area contributed by atoms with E-state index in [4.69, 9.17) is 18.9 Å². The number of aliphatic hydroxyl groups is 7. The Balaban J connectivity index is 1.61. The molecule has 13 heteroatoms. The largest absolute Gasteiger partial charge is 0.394 e. The topological polar surface area (TPSA) is 208 Å². The van der Waals surface area contributed by atoms with Gasteiger partial charge in [-0.25, -0.2) is 0 Å². The van der Waals surface area contributed by atoms with Gasteiger partial charge in [0.25, 0.3) is 0 Å². The van der Waals surface area contributed by atoms with Crippen LogP contribution in [-0.2, 0) is 23.7 Å². The van der Waals surface area contributed by atoms with E-state index >= 15 is 0 Å². The summed E-state index contributed by atoms with van der Waals surface area (Å²) < 4.78 is 21.7. The van der Waals surface area contributed by atoms with Gasteiger partial charge in [0, 0.05) is 13.0 Å². The lowest BCUT2D eigenvalue weighted by Gasteiger charge is -2.42. The highest BCUT2D eigenvalue weighted by Crippen LogP contribution is 2.26. The molecular formula is C28H53NO12. The summed E-state index contributed by atoms with van der Waals surface area (Å²) in [5.74, 6) is -0.101. The van der Waals surface area contributed by atoms with Gasteiger partial charge in [0.15, 0.2) is 12.6 Å². The molecule has 8 N–H and O–H groups in total. The second kappa shape index (κ2) is 20.1. The van der Waals surface area contributed by atoms with Crippen molar-refractivity contribution in [3.05, 3.63) is 0 Å². The highest BCUT2D eigenvalue weighted by molar-refractivity contribution is 5.75. The third-order valence-electron chi connectivity index (χ3n) is 7.66. The van der Waals surface area contributed by atoms with Gasteiger partial charge >= 0.3 is 0 Å². The Morgan fingerprint density at radius 2 is 1.15 bits per heavy atom. The molecule has 0 saturated carbocycles. The van der Waals surface area contributed by atoms with Crippen LogP contribution in [0.2, 0.25) is 0 Å². The lowest BCUT2D eigenvalue weighted by molar-refractivity contribution is -0.330. The summed E-state index contributed by atoms with van der Waals surface area (Å²) in [5, 5.41) is 72.7. The molecule has 2 aliphatic heterocycles. The molecule has 2 aliphatic rings. The minimum Gasteiger partial charge on any atom is -0.394 e. The highest BCUT2D eigenvalue weighted by atomic mass is 16.7. The lowest BCUT2D eigenvalue weighted by Crippen LogP contribution is -2.61. The van der Waals surface area contributed by atoms with Crippen molar-refractivity contribution >= 4 is 5.91 Å². The van der Waals surface area contributed by atoms with Gasteiger partial charge in [0.2, 0.25) is 5.91 Å². The molecule has 0 aliphatic carbocycles. The molecule has 0 unspecified atom stereocenters. The van der Waals surface area contributed by atoms with Crippen LogP contribution in [0.4, 0.5) is 0 Å². The Labute approximate surface area is 242 Å². The summed E-state index contributed by atoms with van der Waals surface area (Å²) in [6.07, 6.45) is -1.14. The quantitative estimate of drug-likeness (QED) is 0.0834. The van der Waals surface area contributed by atoms with Crippen molar-refractivity contribution in [2.45, 2.75) is 145 Å². The average molecular weight is 596 g/mol. The fourth-order valence-corrected chi connectivity index (χ4v) is 4.99. The summed E-state index contributed by atoms with van der Waals surface area (Å²) in [5.41, 5.74) is 0. The number of hydrogen-bond donors (Lipinski definition) is 8. The van der Waals surface area contributed by atoms with Gasteiger partial charge in [0.05, 0.1) is 19.8 Å². The molecule has 10 atom stereocenters. The number of carbonyl (C=O) groups is 1. The van der Waals surface area contributed by atoms with Gasteiger partial charge in [-0.15, -0.1) is 0 Å². The summed E-state index contributed by atoms with van der Waals surface area (Å²) >= 11 is 0. The molecule has 0 radical (unpaired) electrons. The number of ether oxygens (including phenoxy) is 4. The van der Waals surface area contributed by atoms with Crippen LogP contribution in [-0.4, -0.2) is 129 Å². The zero-order valence-corrected chi connectivity index (χ0v) is 24.3. The molecule has 2 heterocycles. The maximum Gasteiger partial charge on any atom is 0.220 e. The zero-order chi connectivity index (χ0) is 30.2. The van der Waals surface area contributed by atoms with Crippen LogP contribution < -0.4 is 5.32 Å². The lowest BCUT2D eigenvalue weighted by atomic mass is 9.98. The second-order valence-corrected chi connectivity index (χ2v) is 11.1. The van der Waals surface area contributed by atoms with Crippen molar-refractivity contribution in [3.63, 3.8) is 0 Å². The fourth-order valence-electron chi connectivity index (χ4n) is 4.99. The Morgan fingerprint density at radius 1 is 0.659 bits per heavy atom. The molecule has 0 aromatic heterocycles. The van der Waals surface area contributed by atoms with Crippen LogP contribution >= 0.6 is 0 Å². The van der Waals surface area contributed by atoms with Crippen molar-refractivity contribution in [3.8, 4) is 0 Å². The summed E-state index contributed by atoms with van der Waals surface area (Å²) in [6.45, 7) is 1.29. The van der Waals surface area contributed by atoms with Crippen molar-refractivity contribution in [2.75, 3.05) is 26.4 Å². The first-order chi connectivity index (χ1) is 19.7. The molecule has 2 saturated heterocycles. The van der Waals surface area contributed by atoms with Crippen molar-refractivity contribution in [1.82, 2.24) is 5.32 Å². The summed E-state index contributed by atoms with van der Waals surface area (Å²) in [6, 6.07) is 0. The van der Waals surface area contributed by atoms with Crippen LogP contribution in [0.15, 0.2) is 0 Å². The number of hydrogen-bond acceptors (Lipinski definition) is 12. The minimum atomic E-state index is -1.65. The van der Waals surface area contributed by atoms with E-state index in [0.717, 1.165) is 19.3 Å². The standard InChI is InChI=1S/C28H53NO12/c1-2-3-4-5-6-7-8-9-10-11-12-13-20(31)29-14-15-38-27-25(36)24(35)22(33)19(41-27)17-39-28-26(37)23(34)21(32)18(16-30)40-28/h18-19,21-28,30,32-37H,2-17H2,1H3,(H,29,31)/t18-,19-,21+,22-,23+,24+,25-,26-,27-,28+/m1/s1. The molecule has 13 nitrogen and oxygen atoms in total. The molecule has 0 bridgehead atoms. The molecule has 242 valence electrons. The van der Waals surface area contributed by atoms with Crippen molar-refractivity contribution in [2.24, 2.45) is 0 Å². The normalized spacial score (nSPS) is 34.0. The number of amides is 1. The Kier molecular flexibility index (Phi) is 17.7. The van der Waals surface area contributed by atoms with E-state index < -0.39 is 74.6 Å². The first-order valence-electron chi connectivity index (χ1n) is 15.2. The van der Waals surface area contributed by atoms with Gasteiger partial charge < -0.3 is 60.0 Å². The molecular weight excluding hydrogens is 542 g/mol. The summed E-state index contributed by atoms with van der Waals surface area (Å²) in [7, 11) is 0. The van der Waals surface area contributed by atoms with Crippen LogP contribution in [0, 0.1) is 0 Å². The first kappa shape index (κ1) is 36.2. The van der Waals surface area contributed by atoms with Gasteiger partial charge in [0.1, 0.15) is 48.8 Å². The van der Waals surface area contributed by atoms with Crippen molar-refractivity contribution < 1.29 is 59.5 Å². The Morgan fingerprint density at radius 3 is 1.71 bits per heavy atom. The molecule has 0 aromatic rings. The monoisotopic (exact) mass is 595 g/mol. The van der Waals surface area contributed by atoms with Gasteiger partial charge in [-0.1, -0.05) is 71.1 Å².